The largest absolute Gasteiger partial charge is 0.464 e. The number of rotatable bonds is 8. The molecule has 200 valence electrons. The van der Waals surface area contributed by atoms with Crippen molar-refractivity contribution in [1.29, 1.82) is 0 Å². The second-order valence-electron chi connectivity index (χ2n) is 13.2. The van der Waals surface area contributed by atoms with Crippen molar-refractivity contribution in [2.75, 3.05) is 0 Å². The van der Waals surface area contributed by atoms with E-state index in [0.717, 1.165) is 17.8 Å². The van der Waals surface area contributed by atoms with Gasteiger partial charge in [0.1, 0.15) is 6.10 Å². The summed E-state index contributed by atoms with van der Waals surface area (Å²) < 4.78 is 7.47. The zero-order chi connectivity index (χ0) is 26.4. The van der Waals surface area contributed by atoms with E-state index in [2.05, 4.69) is 68.8 Å². The lowest BCUT2D eigenvalue weighted by Crippen LogP contribution is -2.47. The first-order valence-electron chi connectivity index (χ1n) is 14.3. The fraction of sp³-hybridized carbons (Fsp3) is 0.625. The third-order valence-corrected chi connectivity index (χ3v) is 9.25. The predicted octanol–water partition coefficient (Wildman–Crippen LogP) is 6.83. The summed E-state index contributed by atoms with van der Waals surface area (Å²) in [4.78, 5) is 24.1. The molecule has 1 aromatic heterocycles. The average molecular weight is 505 g/mol. The van der Waals surface area contributed by atoms with Crippen molar-refractivity contribution in [3.05, 3.63) is 46.6 Å². The first-order valence-corrected chi connectivity index (χ1v) is 14.3. The van der Waals surface area contributed by atoms with Gasteiger partial charge in [0, 0.05) is 36.8 Å². The van der Waals surface area contributed by atoms with Crippen molar-refractivity contribution in [1.82, 2.24) is 9.88 Å². The molecule has 5 rings (SSSR count). The summed E-state index contributed by atoms with van der Waals surface area (Å²) in [6, 6.07) is 9.36. The van der Waals surface area contributed by atoms with E-state index in [-0.39, 0.29) is 28.9 Å². The van der Waals surface area contributed by atoms with Crippen LogP contribution in [0.3, 0.4) is 0 Å². The van der Waals surface area contributed by atoms with E-state index in [1.54, 1.807) is 0 Å². The monoisotopic (exact) mass is 504 g/mol. The number of nitrogens with zero attached hydrogens (tertiary/aromatic N) is 1. The molecule has 1 N–H and O–H groups in total. The summed E-state index contributed by atoms with van der Waals surface area (Å²) in [6.07, 6.45) is 10.3. The summed E-state index contributed by atoms with van der Waals surface area (Å²) in [5.41, 5.74) is 7.34. The van der Waals surface area contributed by atoms with Gasteiger partial charge in [0.25, 0.3) is 12.4 Å². The van der Waals surface area contributed by atoms with Gasteiger partial charge in [-0.15, -0.1) is 0 Å². The molecule has 3 saturated carbocycles. The minimum absolute atomic E-state index is 0.0166. The molecule has 1 aromatic carbocycles. The Hall–Kier alpha value is -2.56. The molecule has 0 aliphatic heterocycles. The Balaban J connectivity index is 1.51. The van der Waals surface area contributed by atoms with Gasteiger partial charge in [-0.05, 0) is 84.2 Å². The number of ether oxygens (including phenoxy) is 1. The van der Waals surface area contributed by atoms with Crippen LogP contribution >= 0.6 is 0 Å². The van der Waals surface area contributed by atoms with Crippen molar-refractivity contribution in [2.24, 2.45) is 5.92 Å². The van der Waals surface area contributed by atoms with Gasteiger partial charge < -0.3 is 14.6 Å². The SMILES string of the molecule is Cc1c(C(=O)NC2CC(OC=O)C2)cc(-c2cc(C(C)(C)C)cc(C3(C)CC3)c2)n1CC1CCCCC1. The number of aromatic nitrogens is 1. The normalized spacial score (nSPS) is 23.3. The van der Waals surface area contributed by atoms with Crippen LogP contribution in [0.4, 0.5) is 0 Å². The van der Waals surface area contributed by atoms with Crippen LogP contribution in [0.25, 0.3) is 11.3 Å². The fourth-order valence-electron chi connectivity index (χ4n) is 6.15. The predicted molar refractivity (Wildman–Crippen MR) is 148 cm³/mol. The number of nitrogens with one attached hydrogen (secondary N) is 1. The standard InChI is InChI=1S/C32H44N2O3/c1-21-28(30(36)33-26-16-27(17-26)37-20-35)18-29(34(21)19-22-9-7-6-8-10-22)23-13-24(31(2,3)4)15-25(14-23)32(5)11-12-32/h13-15,18,20,22,26-27H,6-12,16-17,19H2,1-5H3,(H,33,36). The quantitative estimate of drug-likeness (QED) is 0.401. The number of carbonyl (C=O) groups is 2. The zero-order valence-electron chi connectivity index (χ0n) is 23.4. The van der Waals surface area contributed by atoms with Crippen LogP contribution in [0.5, 0.6) is 0 Å². The lowest BCUT2D eigenvalue weighted by molar-refractivity contribution is -0.138. The van der Waals surface area contributed by atoms with Crippen molar-refractivity contribution in [3.8, 4) is 11.3 Å². The molecule has 0 radical (unpaired) electrons. The Morgan fingerprint density at radius 2 is 1.81 bits per heavy atom. The molecule has 0 bridgehead atoms. The highest BCUT2D eigenvalue weighted by Crippen LogP contribution is 2.49. The molecule has 1 heterocycles. The molecule has 3 aliphatic rings. The lowest BCUT2D eigenvalue weighted by atomic mass is 9.82. The fourth-order valence-corrected chi connectivity index (χ4v) is 6.15. The van der Waals surface area contributed by atoms with Crippen LogP contribution in [0.1, 0.15) is 113 Å². The zero-order valence-corrected chi connectivity index (χ0v) is 23.4. The number of hydrogen-bond acceptors (Lipinski definition) is 3. The van der Waals surface area contributed by atoms with E-state index in [1.807, 2.05) is 0 Å². The Labute approximate surface area is 222 Å². The van der Waals surface area contributed by atoms with Crippen molar-refractivity contribution in [3.63, 3.8) is 0 Å². The van der Waals surface area contributed by atoms with Crippen molar-refractivity contribution < 1.29 is 14.3 Å². The molecule has 0 saturated heterocycles. The van der Waals surface area contributed by atoms with Gasteiger partial charge in [-0.25, -0.2) is 0 Å². The molecule has 5 nitrogen and oxygen atoms in total. The van der Waals surface area contributed by atoms with Crippen LogP contribution in [0, 0.1) is 12.8 Å². The highest BCUT2D eigenvalue weighted by atomic mass is 16.5. The molecule has 37 heavy (non-hydrogen) atoms. The number of amides is 1. The van der Waals surface area contributed by atoms with Gasteiger partial charge in [-0.2, -0.15) is 0 Å². The van der Waals surface area contributed by atoms with Crippen LogP contribution in [-0.2, 0) is 26.9 Å². The lowest BCUT2D eigenvalue weighted by Gasteiger charge is -2.34. The van der Waals surface area contributed by atoms with Crippen LogP contribution < -0.4 is 5.32 Å². The van der Waals surface area contributed by atoms with Gasteiger partial charge in [0.05, 0.1) is 5.56 Å². The summed E-state index contributed by atoms with van der Waals surface area (Å²) in [5, 5.41) is 3.19. The summed E-state index contributed by atoms with van der Waals surface area (Å²) >= 11 is 0. The second-order valence-corrected chi connectivity index (χ2v) is 13.2. The maximum absolute atomic E-state index is 13.4. The van der Waals surface area contributed by atoms with Crippen LogP contribution in [-0.4, -0.2) is 29.1 Å². The van der Waals surface area contributed by atoms with Crippen LogP contribution in [0.15, 0.2) is 24.3 Å². The number of benzene rings is 1. The highest BCUT2D eigenvalue weighted by molar-refractivity contribution is 5.97. The Morgan fingerprint density at radius 1 is 1.11 bits per heavy atom. The van der Waals surface area contributed by atoms with E-state index in [1.165, 1.54) is 67.3 Å². The minimum atomic E-state index is -0.0716. The van der Waals surface area contributed by atoms with E-state index in [9.17, 15) is 9.59 Å². The minimum Gasteiger partial charge on any atom is -0.464 e. The first-order chi connectivity index (χ1) is 17.6. The molecule has 0 atom stereocenters. The molecular weight excluding hydrogens is 460 g/mol. The molecule has 3 fully saturated rings. The van der Waals surface area contributed by atoms with Gasteiger partial charge in [-0.1, -0.05) is 53.0 Å². The molecule has 5 heteroatoms. The Kier molecular flexibility index (Phi) is 7.02. The van der Waals surface area contributed by atoms with Crippen LogP contribution in [0.2, 0.25) is 0 Å². The summed E-state index contributed by atoms with van der Waals surface area (Å²) in [6.45, 7) is 12.8. The van der Waals surface area contributed by atoms with E-state index in [0.29, 0.717) is 25.2 Å². The Morgan fingerprint density at radius 3 is 2.43 bits per heavy atom. The number of carbonyl (C=O) groups excluding carboxylic acids is 2. The second kappa shape index (κ2) is 9.96. The van der Waals surface area contributed by atoms with Crippen molar-refractivity contribution >= 4 is 12.4 Å². The molecule has 2 aromatic rings. The van der Waals surface area contributed by atoms with Crippen molar-refractivity contribution in [2.45, 2.75) is 122 Å². The highest BCUT2D eigenvalue weighted by Gasteiger charge is 2.40. The maximum Gasteiger partial charge on any atom is 0.293 e. The van der Waals surface area contributed by atoms with E-state index < -0.39 is 0 Å². The van der Waals surface area contributed by atoms with E-state index >= 15 is 0 Å². The number of hydrogen-bond donors (Lipinski definition) is 1. The third kappa shape index (κ3) is 5.51. The van der Waals surface area contributed by atoms with Gasteiger partial charge in [0.15, 0.2) is 0 Å². The first kappa shape index (κ1) is 26.1. The van der Waals surface area contributed by atoms with E-state index in [4.69, 9.17) is 4.74 Å². The van der Waals surface area contributed by atoms with Gasteiger partial charge in [-0.3, -0.25) is 9.59 Å². The molecular formula is C32H44N2O3. The topological polar surface area (TPSA) is 60.3 Å². The molecule has 3 aliphatic carbocycles. The van der Waals surface area contributed by atoms with Gasteiger partial charge in [0.2, 0.25) is 0 Å². The maximum atomic E-state index is 13.4. The summed E-state index contributed by atoms with van der Waals surface area (Å²) in [5.74, 6) is 0.644. The summed E-state index contributed by atoms with van der Waals surface area (Å²) in [7, 11) is 0. The average Bonchev–Trinajstić information content (AvgIpc) is 3.52. The molecule has 1 amide bonds. The molecule has 0 unspecified atom stereocenters. The Bertz CT molecular complexity index is 1130. The third-order valence-electron chi connectivity index (χ3n) is 9.25. The molecule has 0 spiro atoms. The smallest absolute Gasteiger partial charge is 0.293 e. The van der Waals surface area contributed by atoms with Gasteiger partial charge >= 0.3 is 0 Å².